The van der Waals surface area contributed by atoms with Gasteiger partial charge in [-0.05, 0) is 13.3 Å². The standard InChI is InChI=1S/C20H27F3N6O3/c1-12-11-31-8-7-27(12)14-9-16(30)28-6-5-13(20(21,22)23)29(18(28)24-14)10-15-25-17(26-32-15)19(2,3)4/h9,12-13H,5-8,10-11H2,1-4H3/t12-,13+/m1/s1. The van der Waals surface area contributed by atoms with Gasteiger partial charge in [0.2, 0.25) is 11.8 Å². The molecule has 0 unspecified atom stereocenters. The molecule has 4 heterocycles. The highest BCUT2D eigenvalue weighted by Gasteiger charge is 2.47. The molecule has 0 bridgehead atoms. The first kappa shape index (κ1) is 22.6. The van der Waals surface area contributed by atoms with Crippen molar-refractivity contribution in [1.29, 1.82) is 0 Å². The Hall–Kier alpha value is -2.63. The van der Waals surface area contributed by atoms with Gasteiger partial charge in [0.15, 0.2) is 5.82 Å². The lowest BCUT2D eigenvalue weighted by Crippen LogP contribution is -2.52. The average Bonchev–Trinajstić information content (AvgIpc) is 3.17. The molecule has 32 heavy (non-hydrogen) atoms. The van der Waals surface area contributed by atoms with E-state index in [-0.39, 0.29) is 37.4 Å². The van der Waals surface area contributed by atoms with E-state index >= 15 is 0 Å². The molecule has 2 aromatic heterocycles. The third kappa shape index (κ3) is 4.32. The minimum Gasteiger partial charge on any atom is -0.377 e. The SMILES string of the molecule is C[C@@H]1COCCN1c1cc(=O)n2c(n1)N(Cc1nc(C(C)(C)C)no1)[C@H](C(F)(F)F)CC2. The summed E-state index contributed by atoms with van der Waals surface area (Å²) in [6.07, 6.45) is -4.79. The van der Waals surface area contributed by atoms with Crippen LogP contribution in [0.3, 0.4) is 0 Å². The Morgan fingerprint density at radius 3 is 2.56 bits per heavy atom. The van der Waals surface area contributed by atoms with Gasteiger partial charge in [0.1, 0.15) is 18.4 Å². The maximum atomic E-state index is 13.9. The van der Waals surface area contributed by atoms with Gasteiger partial charge in [0.25, 0.3) is 5.56 Å². The van der Waals surface area contributed by atoms with Gasteiger partial charge in [0, 0.05) is 24.6 Å². The molecule has 0 aromatic carbocycles. The van der Waals surface area contributed by atoms with Crippen LogP contribution >= 0.6 is 0 Å². The van der Waals surface area contributed by atoms with E-state index in [1.807, 2.05) is 32.6 Å². The van der Waals surface area contributed by atoms with Crippen molar-refractivity contribution in [3.05, 3.63) is 28.1 Å². The second kappa shape index (κ2) is 8.05. The number of hydrogen-bond donors (Lipinski definition) is 0. The highest BCUT2D eigenvalue weighted by atomic mass is 19.4. The number of anilines is 2. The molecule has 0 N–H and O–H groups in total. The van der Waals surface area contributed by atoms with E-state index in [1.165, 1.54) is 10.6 Å². The van der Waals surface area contributed by atoms with Crippen LogP contribution < -0.4 is 15.4 Å². The molecule has 9 nitrogen and oxygen atoms in total. The van der Waals surface area contributed by atoms with Gasteiger partial charge < -0.3 is 19.1 Å². The largest absolute Gasteiger partial charge is 0.408 e. The lowest BCUT2D eigenvalue weighted by Gasteiger charge is -2.39. The van der Waals surface area contributed by atoms with Gasteiger partial charge in [-0.25, -0.2) is 0 Å². The molecule has 2 aliphatic heterocycles. The summed E-state index contributed by atoms with van der Waals surface area (Å²) in [6, 6.07) is -0.502. The quantitative estimate of drug-likeness (QED) is 0.696. The van der Waals surface area contributed by atoms with Gasteiger partial charge in [-0.1, -0.05) is 25.9 Å². The van der Waals surface area contributed by atoms with Gasteiger partial charge in [-0.3, -0.25) is 9.36 Å². The van der Waals surface area contributed by atoms with E-state index in [0.717, 1.165) is 4.90 Å². The summed E-state index contributed by atoms with van der Waals surface area (Å²) in [5.41, 5.74) is -0.810. The summed E-state index contributed by atoms with van der Waals surface area (Å²) >= 11 is 0. The molecule has 0 amide bonds. The molecule has 4 rings (SSSR count). The molecule has 1 saturated heterocycles. The molecule has 2 aromatic rings. The van der Waals surface area contributed by atoms with Crippen LogP contribution in [0.5, 0.6) is 0 Å². The average molecular weight is 456 g/mol. The number of rotatable bonds is 3. The maximum absolute atomic E-state index is 13.9. The van der Waals surface area contributed by atoms with Crippen LogP contribution in [0.2, 0.25) is 0 Å². The third-order valence-electron chi connectivity index (χ3n) is 5.72. The molecule has 0 radical (unpaired) electrons. The number of aromatic nitrogens is 4. The Kier molecular flexibility index (Phi) is 5.68. The van der Waals surface area contributed by atoms with Crippen molar-refractivity contribution < 1.29 is 22.4 Å². The number of nitrogens with zero attached hydrogens (tertiary/aromatic N) is 6. The predicted molar refractivity (Wildman–Crippen MR) is 110 cm³/mol. The smallest absolute Gasteiger partial charge is 0.377 e. The number of hydrogen-bond acceptors (Lipinski definition) is 8. The minimum absolute atomic E-state index is 0.0389. The van der Waals surface area contributed by atoms with Crippen molar-refractivity contribution in [3.63, 3.8) is 0 Å². The maximum Gasteiger partial charge on any atom is 0.408 e. The Morgan fingerprint density at radius 2 is 1.94 bits per heavy atom. The first-order valence-electron chi connectivity index (χ1n) is 10.6. The van der Waals surface area contributed by atoms with Gasteiger partial charge >= 0.3 is 6.18 Å². The number of morpholine rings is 1. The molecule has 2 atom stereocenters. The lowest BCUT2D eigenvalue weighted by molar-refractivity contribution is -0.153. The second-order valence-corrected chi connectivity index (χ2v) is 9.26. The van der Waals surface area contributed by atoms with Crippen LogP contribution in [0.15, 0.2) is 15.4 Å². The third-order valence-corrected chi connectivity index (χ3v) is 5.72. The van der Waals surface area contributed by atoms with Crippen LogP contribution in [0.25, 0.3) is 0 Å². The second-order valence-electron chi connectivity index (χ2n) is 9.26. The predicted octanol–water partition coefficient (Wildman–Crippen LogP) is 2.49. The van der Waals surface area contributed by atoms with E-state index < -0.39 is 23.2 Å². The van der Waals surface area contributed by atoms with E-state index in [0.29, 0.717) is 31.4 Å². The van der Waals surface area contributed by atoms with Crippen molar-refractivity contribution in [2.45, 2.75) is 70.9 Å². The summed E-state index contributed by atoms with van der Waals surface area (Å²) in [4.78, 5) is 24.6. The van der Waals surface area contributed by atoms with E-state index in [4.69, 9.17) is 9.26 Å². The van der Waals surface area contributed by atoms with Gasteiger partial charge in [-0.15, -0.1) is 0 Å². The zero-order chi connectivity index (χ0) is 23.3. The molecule has 2 aliphatic rings. The fraction of sp³-hybridized carbons (Fsp3) is 0.700. The summed E-state index contributed by atoms with van der Waals surface area (Å²) < 4.78 is 53.8. The monoisotopic (exact) mass is 456 g/mol. The van der Waals surface area contributed by atoms with Crippen LogP contribution in [0.1, 0.15) is 45.8 Å². The van der Waals surface area contributed by atoms with E-state index in [9.17, 15) is 18.0 Å². The van der Waals surface area contributed by atoms with Crippen LogP contribution in [-0.4, -0.2) is 57.7 Å². The highest BCUT2D eigenvalue weighted by Crippen LogP contribution is 2.35. The van der Waals surface area contributed by atoms with Crippen LogP contribution in [0.4, 0.5) is 24.9 Å². The van der Waals surface area contributed by atoms with Crippen molar-refractivity contribution >= 4 is 11.8 Å². The molecule has 176 valence electrons. The van der Waals surface area contributed by atoms with E-state index in [2.05, 4.69) is 15.1 Å². The molecule has 1 fully saturated rings. The molecular formula is C20H27F3N6O3. The van der Waals surface area contributed by atoms with Crippen molar-refractivity contribution in [3.8, 4) is 0 Å². The summed E-state index contributed by atoms with van der Waals surface area (Å²) in [6.45, 7) is 8.59. The van der Waals surface area contributed by atoms with Crippen LogP contribution in [-0.2, 0) is 23.2 Å². The van der Waals surface area contributed by atoms with E-state index in [1.54, 1.807) is 0 Å². The normalized spacial score (nSPS) is 22.2. The van der Waals surface area contributed by atoms with Gasteiger partial charge in [0.05, 0.1) is 19.3 Å². The Morgan fingerprint density at radius 1 is 1.19 bits per heavy atom. The Bertz CT molecular complexity index is 1030. The van der Waals surface area contributed by atoms with Crippen molar-refractivity contribution in [2.24, 2.45) is 0 Å². The molecule has 0 saturated carbocycles. The Labute approximate surface area is 183 Å². The fourth-order valence-corrected chi connectivity index (χ4v) is 3.96. The first-order valence-corrected chi connectivity index (χ1v) is 10.6. The fourth-order valence-electron chi connectivity index (χ4n) is 3.96. The summed E-state index contributed by atoms with van der Waals surface area (Å²) in [5, 5.41) is 3.91. The highest BCUT2D eigenvalue weighted by molar-refractivity contribution is 5.47. The summed E-state index contributed by atoms with van der Waals surface area (Å²) in [5.74, 6) is 0.729. The van der Waals surface area contributed by atoms with Crippen molar-refractivity contribution in [2.75, 3.05) is 29.6 Å². The van der Waals surface area contributed by atoms with Gasteiger partial charge in [-0.2, -0.15) is 23.1 Å². The Balaban J connectivity index is 1.76. The zero-order valence-corrected chi connectivity index (χ0v) is 18.5. The number of halogens is 3. The molecule has 0 spiro atoms. The molecule has 12 heteroatoms. The molecular weight excluding hydrogens is 429 g/mol. The molecule has 0 aliphatic carbocycles. The topological polar surface area (TPSA) is 89.5 Å². The number of fused-ring (bicyclic) bond motifs is 1. The number of alkyl halides is 3. The van der Waals surface area contributed by atoms with Crippen molar-refractivity contribution in [1.82, 2.24) is 19.7 Å². The number of ether oxygens (including phenoxy) is 1. The first-order chi connectivity index (χ1) is 14.9. The zero-order valence-electron chi connectivity index (χ0n) is 18.5. The minimum atomic E-state index is -4.52. The lowest BCUT2D eigenvalue weighted by atomic mass is 9.96. The van der Waals surface area contributed by atoms with Crippen LogP contribution in [0, 0.1) is 0 Å². The summed E-state index contributed by atoms with van der Waals surface area (Å²) in [7, 11) is 0.